The fraction of sp³-hybridized carbons (Fsp3) is 0.500. The minimum Gasteiger partial charge on any atom is -0.396 e. The standard InChI is InChI=1S/C30H37F2N3O3/c1-4-6-26(21-7-9-22(10-8-21)28(37)33-11-5-12-36)35-29(38)27(23-14-24(31)16-25(32)15-23)34-30(35)17-19(2)13-20(3)18-30/h7-10,14-16,19-20,26,36H,4-6,11-13,17-18H2,1-3H3,(H,33,37). The van der Waals surface area contributed by atoms with E-state index in [2.05, 4.69) is 26.1 Å². The van der Waals surface area contributed by atoms with Crippen LogP contribution in [0.3, 0.4) is 0 Å². The summed E-state index contributed by atoms with van der Waals surface area (Å²) in [5.74, 6) is -1.37. The van der Waals surface area contributed by atoms with Crippen molar-refractivity contribution >= 4 is 17.5 Å². The second-order valence-electron chi connectivity index (χ2n) is 10.9. The number of benzene rings is 2. The molecule has 2 N–H and O–H groups in total. The van der Waals surface area contributed by atoms with Crippen LogP contribution in [0.4, 0.5) is 8.78 Å². The second kappa shape index (κ2) is 11.7. The van der Waals surface area contributed by atoms with E-state index in [4.69, 9.17) is 10.1 Å². The molecular formula is C30H37F2N3O3. The smallest absolute Gasteiger partial charge is 0.275 e. The topological polar surface area (TPSA) is 82.0 Å². The summed E-state index contributed by atoms with van der Waals surface area (Å²) in [6, 6.07) is 10.1. The Balaban J connectivity index is 1.73. The molecule has 6 nitrogen and oxygen atoms in total. The number of nitrogens with zero attached hydrogens (tertiary/aromatic N) is 2. The monoisotopic (exact) mass is 525 g/mol. The molecule has 2 amide bonds. The Kier molecular flexibility index (Phi) is 8.61. The predicted molar refractivity (Wildman–Crippen MR) is 143 cm³/mol. The number of aliphatic imine (C=N–C) groups is 1. The fourth-order valence-corrected chi connectivity index (χ4v) is 6.22. The van der Waals surface area contributed by atoms with Gasteiger partial charge in [0.15, 0.2) is 0 Å². The number of rotatable bonds is 9. The third kappa shape index (κ3) is 5.80. The van der Waals surface area contributed by atoms with Gasteiger partial charge in [-0.25, -0.2) is 8.78 Å². The average Bonchev–Trinajstić information content (AvgIpc) is 3.12. The highest BCUT2D eigenvalue weighted by molar-refractivity contribution is 6.46. The van der Waals surface area contributed by atoms with E-state index < -0.39 is 17.3 Å². The first-order valence-electron chi connectivity index (χ1n) is 13.6. The van der Waals surface area contributed by atoms with E-state index in [0.717, 1.165) is 24.5 Å². The van der Waals surface area contributed by atoms with Gasteiger partial charge in [-0.15, -0.1) is 0 Å². The molecule has 2 aromatic carbocycles. The molecule has 0 radical (unpaired) electrons. The van der Waals surface area contributed by atoms with Gasteiger partial charge in [0.1, 0.15) is 23.0 Å². The number of aliphatic hydroxyl groups is 1. The molecule has 1 aliphatic heterocycles. The Morgan fingerprint density at radius 1 is 1.13 bits per heavy atom. The molecule has 0 bridgehead atoms. The summed E-state index contributed by atoms with van der Waals surface area (Å²) in [6.45, 7) is 6.77. The first kappa shape index (κ1) is 27.9. The molecule has 38 heavy (non-hydrogen) atoms. The number of halogens is 2. The van der Waals surface area contributed by atoms with Crippen LogP contribution in [0.5, 0.6) is 0 Å². The van der Waals surface area contributed by atoms with Crippen LogP contribution in [0, 0.1) is 23.5 Å². The van der Waals surface area contributed by atoms with Crippen molar-refractivity contribution in [3.8, 4) is 0 Å². The van der Waals surface area contributed by atoms with Gasteiger partial charge in [0.05, 0.1) is 6.04 Å². The summed E-state index contributed by atoms with van der Waals surface area (Å²) < 4.78 is 28.3. The van der Waals surface area contributed by atoms with Gasteiger partial charge in [-0.05, 0) is 73.8 Å². The fourth-order valence-electron chi connectivity index (χ4n) is 6.22. The minimum atomic E-state index is -0.799. The van der Waals surface area contributed by atoms with Gasteiger partial charge >= 0.3 is 0 Å². The number of aliphatic hydroxyl groups excluding tert-OH is 1. The summed E-state index contributed by atoms with van der Waals surface area (Å²) >= 11 is 0. The van der Waals surface area contributed by atoms with Gasteiger partial charge in [0.25, 0.3) is 11.8 Å². The van der Waals surface area contributed by atoms with Crippen LogP contribution in [0.15, 0.2) is 47.5 Å². The van der Waals surface area contributed by atoms with Gasteiger partial charge in [0.2, 0.25) is 0 Å². The van der Waals surface area contributed by atoms with Gasteiger partial charge in [-0.2, -0.15) is 0 Å². The maximum absolute atomic E-state index is 14.1. The molecule has 204 valence electrons. The highest BCUT2D eigenvalue weighted by Crippen LogP contribution is 2.48. The first-order valence-corrected chi connectivity index (χ1v) is 13.6. The van der Waals surface area contributed by atoms with Crippen LogP contribution < -0.4 is 5.32 Å². The van der Waals surface area contributed by atoms with Crippen molar-refractivity contribution in [3.05, 3.63) is 70.8 Å². The molecule has 3 atom stereocenters. The molecule has 1 spiro atoms. The third-order valence-corrected chi connectivity index (χ3v) is 7.53. The lowest BCUT2D eigenvalue weighted by Gasteiger charge is -2.47. The normalized spacial score (nSPS) is 24.0. The number of hydrogen-bond donors (Lipinski definition) is 2. The lowest BCUT2D eigenvalue weighted by Crippen LogP contribution is -2.52. The van der Waals surface area contributed by atoms with E-state index in [9.17, 15) is 18.4 Å². The lowest BCUT2D eigenvalue weighted by molar-refractivity contribution is -0.134. The summed E-state index contributed by atoms with van der Waals surface area (Å²) in [6.07, 6.45) is 4.35. The van der Waals surface area contributed by atoms with Crippen LogP contribution >= 0.6 is 0 Å². The SMILES string of the molecule is CCCC(c1ccc(C(=O)NCCCO)cc1)N1C(=O)C(c2cc(F)cc(F)c2)=NC12CC(C)CC(C)C2. The van der Waals surface area contributed by atoms with Gasteiger partial charge in [-0.1, -0.05) is 39.3 Å². The van der Waals surface area contributed by atoms with Gasteiger partial charge in [-0.3, -0.25) is 14.6 Å². The largest absolute Gasteiger partial charge is 0.396 e. The molecule has 8 heteroatoms. The van der Waals surface area contributed by atoms with Crippen molar-refractivity contribution in [3.63, 3.8) is 0 Å². The maximum atomic E-state index is 14.1. The Hall–Kier alpha value is -3.13. The van der Waals surface area contributed by atoms with E-state index in [1.54, 1.807) is 12.1 Å². The molecule has 1 heterocycles. The Morgan fingerprint density at radius 3 is 2.34 bits per heavy atom. The zero-order valence-electron chi connectivity index (χ0n) is 22.3. The van der Waals surface area contributed by atoms with Crippen molar-refractivity contribution < 1.29 is 23.5 Å². The van der Waals surface area contributed by atoms with Crippen molar-refractivity contribution in [1.29, 1.82) is 0 Å². The van der Waals surface area contributed by atoms with E-state index in [1.807, 2.05) is 17.0 Å². The first-order chi connectivity index (χ1) is 18.2. The van der Waals surface area contributed by atoms with Crippen molar-refractivity contribution in [2.45, 2.75) is 71.0 Å². The average molecular weight is 526 g/mol. The Bertz CT molecular complexity index is 1170. The third-order valence-electron chi connectivity index (χ3n) is 7.53. The van der Waals surface area contributed by atoms with Crippen molar-refractivity contribution in [2.24, 2.45) is 16.8 Å². The van der Waals surface area contributed by atoms with E-state index in [-0.39, 0.29) is 35.7 Å². The molecule has 0 aromatic heterocycles. The zero-order valence-corrected chi connectivity index (χ0v) is 22.3. The van der Waals surface area contributed by atoms with Gasteiger partial charge < -0.3 is 15.3 Å². The van der Waals surface area contributed by atoms with Crippen LogP contribution in [0.1, 0.15) is 86.8 Å². The number of nitrogens with one attached hydrogen (secondary N) is 1. The molecular weight excluding hydrogens is 488 g/mol. The number of hydrogen-bond acceptors (Lipinski definition) is 4. The zero-order chi connectivity index (χ0) is 27.4. The van der Waals surface area contributed by atoms with E-state index in [0.29, 0.717) is 49.6 Å². The molecule has 2 aliphatic rings. The predicted octanol–water partition coefficient (Wildman–Crippen LogP) is 5.40. The summed E-state index contributed by atoms with van der Waals surface area (Å²) in [7, 11) is 0. The van der Waals surface area contributed by atoms with Crippen molar-refractivity contribution in [1.82, 2.24) is 10.2 Å². The molecule has 2 aromatic rings. The molecule has 1 saturated carbocycles. The molecule has 3 unspecified atom stereocenters. The number of amides is 2. The van der Waals surface area contributed by atoms with Crippen molar-refractivity contribution in [2.75, 3.05) is 13.2 Å². The Labute approximate surface area is 223 Å². The lowest BCUT2D eigenvalue weighted by atomic mass is 9.75. The Morgan fingerprint density at radius 2 is 1.76 bits per heavy atom. The number of carbonyl (C=O) groups is 2. The highest BCUT2D eigenvalue weighted by Gasteiger charge is 2.53. The summed E-state index contributed by atoms with van der Waals surface area (Å²) in [5, 5.41) is 11.7. The minimum absolute atomic E-state index is 0.00703. The summed E-state index contributed by atoms with van der Waals surface area (Å²) in [4.78, 5) is 33.4. The van der Waals surface area contributed by atoms with Crippen LogP contribution in [0.25, 0.3) is 0 Å². The number of carbonyl (C=O) groups excluding carboxylic acids is 2. The van der Waals surface area contributed by atoms with E-state index in [1.165, 1.54) is 12.1 Å². The second-order valence-corrected chi connectivity index (χ2v) is 10.9. The summed E-state index contributed by atoms with van der Waals surface area (Å²) in [5.41, 5.74) is 0.846. The van der Waals surface area contributed by atoms with Gasteiger partial charge in [0, 0.05) is 30.3 Å². The molecule has 1 aliphatic carbocycles. The molecule has 0 saturated heterocycles. The molecule has 1 fully saturated rings. The molecule has 4 rings (SSSR count). The maximum Gasteiger partial charge on any atom is 0.275 e. The van der Waals surface area contributed by atoms with E-state index >= 15 is 0 Å². The van der Waals surface area contributed by atoms with Crippen LogP contribution in [-0.4, -0.2) is 46.3 Å². The highest BCUT2D eigenvalue weighted by atomic mass is 19.1. The quantitative estimate of drug-likeness (QED) is 0.430. The van der Waals surface area contributed by atoms with Crippen LogP contribution in [0.2, 0.25) is 0 Å². The van der Waals surface area contributed by atoms with Crippen LogP contribution in [-0.2, 0) is 4.79 Å².